The number of rotatable bonds is 4. The van der Waals surface area contributed by atoms with E-state index in [0.29, 0.717) is 0 Å². The first-order valence-corrected chi connectivity index (χ1v) is 7.54. The minimum Gasteiger partial charge on any atom is -0.380 e. The molecule has 0 saturated carbocycles. The van der Waals surface area contributed by atoms with Gasteiger partial charge in [-0.1, -0.05) is 47.1 Å². The van der Waals surface area contributed by atoms with Crippen molar-refractivity contribution in [1.29, 1.82) is 0 Å². The van der Waals surface area contributed by atoms with Gasteiger partial charge in [-0.2, -0.15) is 0 Å². The third kappa shape index (κ3) is 3.59. The number of benzene rings is 2. The van der Waals surface area contributed by atoms with E-state index in [4.69, 9.17) is 0 Å². The molecule has 0 radical (unpaired) electrons. The lowest BCUT2D eigenvalue weighted by Crippen LogP contribution is -2.00. The Morgan fingerprint density at radius 1 is 0.944 bits per heavy atom. The number of halogens is 2. The van der Waals surface area contributed by atoms with Crippen LogP contribution in [-0.2, 0) is 13.0 Å². The van der Waals surface area contributed by atoms with E-state index in [2.05, 4.69) is 74.4 Å². The average Bonchev–Trinajstić information content (AvgIpc) is 2.40. The molecule has 0 aliphatic carbocycles. The SMILES string of the molecule is CCc1ccc(CNc2cc(Br)ccc2Br)cc1. The van der Waals surface area contributed by atoms with E-state index in [-0.39, 0.29) is 0 Å². The quantitative estimate of drug-likeness (QED) is 0.763. The monoisotopic (exact) mass is 367 g/mol. The molecule has 1 N–H and O–H groups in total. The number of hydrogen-bond donors (Lipinski definition) is 1. The first-order valence-electron chi connectivity index (χ1n) is 5.96. The molecule has 1 nitrogen and oxygen atoms in total. The van der Waals surface area contributed by atoms with Crippen LogP contribution in [0.2, 0.25) is 0 Å². The summed E-state index contributed by atoms with van der Waals surface area (Å²) in [4.78, 5) is 0. The van der Waals surface area contributed by atoms with Crippen LogP contribution in [0.3, 0.4) is 0 Å². The van der Waals surface area contributed by atoms with Crippen molar-refractivity contribution in [3.8, 4) is 0 Å². The molecule has 2 aromatic rings. The second-order valence-corrected chi connectivity index (χ2v) is 5.92. The predicted octanol–water partition coefficient (Wildman–Crippen LogP) is 5.39. The van der Waals surface area contributed by atoms with Crippen LogP contribution in [0, 0.1) is 0 Å². The second-order valence-electron chi connectivity index (χ2n) is 4.15. The van der Waals surface area contributed by atoms with Gasteiger partial charge in [-0.3, -0.25) is 0 Å². The summed E-state index contributed by atoms with van der Waals surface area (Å²) in [5.41, 5.74) is 3.77. The Kier molecular flexibility index (Phi) is 4.84. The molecule has 0 bridgehead atoms. The molecule has 3 heteroatoms. The number of hydrogen-bond acceptors (Lipinski definition) is 1. The highest BCUT2D eigenvalue weighted by atomic mass is 79.9. The fraction of sp³-hybridized carbons (Fsp3) is 0.200. The van der Waals surface area contributed by atoms with E-state index in [1.807, 2.05) is 12.1 Å². The first kappa shape index (κ1) is 13.6. The molecule has 0 atom stereocenters. The fourth-order valence-electron chi connectivity index (χ4n) is 1.72. The summed E-state index contributed by atoms with van der Waals surface area (Å²) in [6.07, 6.45) is 1.09. The summed E-state index contributed by atoms with van der Waals surface area (Å²) in [7, 11) is 0. The van der Waals surface area contributed by atoms with E-state index in [1.54, 1.807) is 0 Å². The third-order valence-electron chi connectivity index (χ3n) is 2.84. The zero-order valence-electron chi connectivity index (χ0n) is 10.2. The van der Waals surface area contributed by atoms with E-state index in [9.17, 15) is 0 Å². The van der Waals surface area contributed by atoms with Crippen molar-refractivity contribution in [2.75, 3.05) is 5.32 Å². The second kappa shape index (κ2) is 6.39. The Bertz CT molecular complexity index is 521. The number of aryl methyl sites for hydroxylation is 1. The van der Waals surface area contributed by atoms with Crippen LogP contribution >= 0.6 is 31.9 Å². The van der Waals surface area contributed by atoms with Gasteiger partial charge >= 0.3 is 0 Å². The van der Waals surface area contributed by atoms with Crippen molar-refractivity contribution >= 4 is 37.5 Å². The molecule has 0 unspecified atom stereocenters. The van der Waals surface area contributed by atoms with Gasteiger partial charge in [-0.15, -0.1) is 0 Å². The molecule has 0 fully saturated rings. The minimum absolute atomic E-state index is 0.832. The van der Waals surface area contributed by atoms with Crippen LogP contribution in [0.5, 0.6) is 0 Å². The third-order valence-corrected chi connectivity index (χ3v) is 4.03. The van der Waals surface area contributed by atoms with Crippen molar-refractivity contribution < 1.29 is 0 Å². The Labute approximate surface area is 125 Å². The molecule has 0 spiro atoms. The van der Waals surface area contributed by atoms with Crippen molar-refractivity contribution in [3.63, 3.8) is 0 Å². The summed E-state index contributed by atoms with van der Waals surface area (Å²) < 4.78 is 2.16. The van der Waals surface area contributed by atoms with Crippen molar-refractivity contribution in [3.05, 3.63) is 62.5 Å². The maximum Gasteiger partial charge on any atom is 0.0498 e. The van der Waals surface area contributed by atoms with Crippen LogP contribution in [-0.4, -0.2) is 0 Å². The summed E-state index contributed by atoms with van der Waals surface area (Å²) in [5, 5.41) is 3.43. The molecule has 2 aromatic carbocycles. The Morgan fingerprint density at radius 2 is 1.61 bits per heavy atom. The lowest BCUT2D eigenvalue weighted by molar-refractivity contribution is 1.10. The van der Waals surface area contributed by atoms with Gasteiger partial charge in [-0.25, -0.2) is 0 Å². The van der Waals surface area contributed by atoms with Crippen LogP contribution in [0.15, 0.2) is 51.4 Å². The molecule has 0 amide bonds. The van der Waals surface area contributed by atoms with Crippen LogP contribution in [0.4, 0.5) is 5.69 Å². The van der Waals surface area contributed by atoms with Crippen molar-refractivity contribution in [2.24, 2.45) is 0 Å². The smallest absolute Gasteiger partial charge is 0.0498 e. The molecular formula is C15H15Br2N. The first-order chi connectivity index (χ1) is 8.69. The summed E-state index contributed by atoms with van der Waals surface area (Å²) >= 11 is 7.02. The average molecular weight is 369 g/mol. The molecule has 0 heterocycles. The molecule has 0 saturated heterocycles. The molecule has 18 heavy (non-hydrogen) atoms. The molecule has 0 aliphatic rings. The van der Waals surface area contributed by atoms with E-state index < -0.39 is 0 Å². The summed E-state index contributed by atoms with van der Waals surface area (Å²) in [5.74, 6) is 0. The van der Waals surface area contributed by atoms with Gasteiger partial charge in [0.2, 0.25) is 0 Å². The highest BCUT2D eigenvalue weighted by Crippen LogP contribution is 2.26. The van der Waals surface area contributed by atoms with Gasteiger partial charge in [0, 0.05) is 21.2 Å². The van der Waals surface area contributed by atoms with Gasteiger partial charge < -0.3 is 5.32 Å². The molecule has 0 aromatic heterocycles. The number of nitrogens with one attached hydrogen (secondary N) is 1. The van der Waals surface area contributed by atoms with Gasteiger partial charge in [0.15, 0.2) is 0 Å². The van der Waals surface area contributed by atoms with Gasteiger partial charge in [0.25, 0.3) is 0 Å². The maximum absolute atomic E-state index is 3.54. The Morgan fingerprint density at radius 3 is 2.28 bits per heavy atom. The summed E-state index contributed by atoms with van der Waals surface area (Å²) in [6.45, 7) is 3.00. The van der Waals surface area contributed by atoms with Crippen LogP contribution in [0.25, 0.3) is 0 Å². The highest BCUT2D eigenvalue weighted by molar-refractivity contribution is 9.11. The van der Waals surface area contributed by atoms with Gasteiger partial charge in [0.05, 0.1) is 0 Å². The number of anilines is 1. The molecule has 2 rings (SSSR count). The van der Waals surface area contributed by atoms with Gasteiger partial charge in [-0.05, 0) is 51.7 Å². The summed E-state index contributed by atoms with van der Waals surface area (Å²) in [6, 6.07) is 14.9. The van der Waals surface area contributed by atoms with E-state index in [1.165, 1.54) is 11.1 Å². The fourth-order valence-corrected chi connectivity index (χ4v) is 2.47. The molecule has 94 valence electrons. The normalized spacial score (nSPS) is 10.4. The van der Waals surface area contributed by atoms with Crippen molar-refractivity contribution in [1.82, 2.24) is 0 Å². The lowest BCUT2D eigenvalue weighted by Gasteiger charge is -2.09. The standard InChI is InChI=1S/C15H15Br2N/c1-2-11-3-5-12(6-4-11)10-18-15-9-13(16)7-8-14(15)17/h3-9,18H,2,10H2,1H3. The topological polar surface area (TPSA) is 12.0 Å². The lowest BCUT2D eigenvalue weighted by atomic mass is 10.1. The molecule has 0 aliphatic heterocycles. The largest absolute Gasteiger partial charge is 0.380 e. The Balaban J connectivity index is 2.04. The Hall–Kier alpha value is -0.800. The minimum atomic E-state index is 0.832. The van der Waals surface area contributed by atoms with Crippen LogP contribution in [0.1, 0.15) is 18.1 Å². The zero-order valence-corrected chi connectivity index (χ0v) is 13.4. The maximum atomic E-state index is 3.54. The van der Waals surface area contributed by atoms with E-state index in [0.717, 1.165) is 27.6 Å². The predicted molar refractivity (Wildman–Crippen MR) is 85.0 cm³/mol. The van der Waals surface area contributed by atoms with E-state index >= 15 is 0 Å². The van der Waals surface area contributed by atoms with Crippen LogP contribution < -0.4 is 5.32 Å². The molecular weight excluding hydrogens is 354 g/mol. The van der Waals surface area contributed by atoms with Gasteiger partial charge in [0.1, 0.15) is 0 Å². The zero-order chi connectivity index (χ0) is 13.0. The van der Waals surface area contributed by atoms with Crippen molar-refractivity contribution in [2.45, 2.75) is 19.9 Å². The highest BCUT2D eigenvalue weighted by Gasteiger charge is 2.00.